The summed E-state index contributed by atoms with van der Waals surface area (Å²) in [5.41, 5.74) is 2.28. The molecule has 0 aliphatic heterocycles. The molecular formula is C17H25ClIN5S. The summed E-state index contributed by atoms with van der Waals surface area (Å²) in [5, 5.41) is 8.27. The maximum absolute atomic E-state index is 5.80. The quantitative estimate of drug-likeness (QED) is 0.267. The van der Waals surface area contributed by atoms with E-state index in [0.717, 1.165) is 54.7 Å². The average molecular weight is 494 g/mol. The van der Waals surface area contributed by atoms with Gasteiger partial charge in [-0.2, -0.15) is 0 Å². The van der Waals surface area contributed by atoms with Crippen molar-refractivity contribution in [2.75, 3.05) is 19.6 Å². The van der Waals surface area contributed by atoms with Gasteiger partial charge in [-0.1, -0.05) is 17.7 Å². The highest BCUT2D eigenvalue weighted by Crippen LogP contribution is 2.17. The third-order valence-corrected chi connectivity index (χ3v) is 4.80. The number of nitrogens with zero attached hydrogens (tertiary/aromatic N) is 3. The summed E-state index contributed by atoms with van der Waals surface area (Å²) >= 11 is 7.55. The zero-order valence-electron chi connectivity index (χ0n) is 14.8. The van der Waals surface area contributed by atoms with Gasteiger partial charge in [-0.15, -0.1) is 35.3 Å². The van der Waals surface area contributed by atoms with E-state index < -0.39 is 0 Å². The highest BCUT2D eigenvalue weighted by Gasteiger charge is 2.04. The Bertz CT molecular complexity index is 672. The number of halogens is 2. The molecule has 2 N–H and O–H groups in total. The predicted octanol–water partition coefficient (Wildman–Crippen LogP) is 3.77. The first kappa shape index (κ1) is 22.1. The van der Waals surface area contributed by atoms with Crippen LogP contribution in [0.3, 0.4) is 0 Å². The number of hydrogen-bond acceptors (Lipinski definition) is 4. The molecule has 0 fully saturated rings. The van der Waals surface area contributed by atoms with Crippen molar-refractivity contribution in [1.29, 1.82) is 0 Å². The first-order valence-corrected chi connectivity index (χ1v) is 9.33. The van der Waals surface area contributed by atoms with Gasteiger partial charge < -0.3 is 10.6 Å². The predicted molar refractivity (Wildman–Crippen MR) is 118 cm³/mol. The second-order valence-corrected chi connectivity index (χ2v) is 7.09. The number of nitrogens with one attached hydrogen (secondary N) is 2. The van der Waals surface area contributed by atoms with Gasteiger partial charge in [0.1, 0.15) is 5.15 Å². The molecule has 2 rings (SSSR count). The molecule has 0 aliphatic carbocycles. The van der Waals surface area contributed by atoms with Gasteiger partial charge in [0.05, 0.1) is 10.7 Å². The second-order valence-electron chi connectivity index (χ2n) is 5.42. The Balaban J connectivity index is 0.00000312. The lowest BCUT2D eigenvalue weighted by atomic mass is 10.2. The maximum atomic E-state index is 5.80. The standard InChI is InChI=1S/C17H24ClN5S.HI/c1-4-19-17(20-9-7-14-5-6-16(18)22-11-14)21-10-8-15-12(2)23-13(3)24-15;/h5-6,11H,4,7-10H2,1-3H3,(H2,19,20,21);1H. The number of rotatable bonds is 7. The van der Waals surface area contributed by atoms with E-state index in [9.17, 15) is 0 Å². The Hall–Kier alpha value is -0.930. The van der Waals surface area contributed by atoms with Crippen molar-refractivity contribution in [3.63, 3.8) is 0 Å². The highest BCUT2D eigenvalue weighted by molar-refractivity contribution is 14.0. The summed E-state index contributed by atoms with van der Waals surface area (Å²) < 4.78 is 0. The molecule has 2 heterocycles. The lowest BCUT2D eigenvalue weighted by Gasteiger charge is -2.11. The molecule has 0 atom stereocenters. The number of aromatic nitrogens is 2. The van der Waals surface area contributed by atoms with Crippen molar-refractivity contribution < 1.29 is 0 Å². The number of pyridine rings is 1. The molecule has 0 spiro atoms. The van der Waals surface area contributed by atoms with Crippen LogP contribution in [0.5, 0.6) is 0 Å². The summed E-state index contributed by atoms with van der Waals surface area (Å²) in [5.74, 6) is 0.846. The molecule has 0 saturated carbocycles. The number of hydrogen-bond donors (Lipinski definition) is 2. The molecule has 25 heavy (non-hydrogen) atoms. The van der Waals surface area contributed by atoms with Crippen molar-refractivity contribution in [2.45, 2.75) is 33.6 Å². The van der Waals surface area contributed by atoms with Crippen LogP contribution in [-0.4, -0.2) is 35.6 Å². The fourth-order valence-electron chi connectivity index (χ4n) is 2.30. The maximum Gasteiger partial charge on any atom is 0.191 e. The fourth-order valence-corrected chi connectivity index (χ4v) is 3.33. The summed E-state index contributed by atoms with van der Waals surface area (Å²) in [4.78, 5) is 14.5. The minimum Gasteiger partial charge on any atom is -0.357 e. The van der Waals surface area contributed by atoms with E-state index in [2.05, 4.69) is 39.4 Å². The van der Waals surface area contributed by atoms with E-state index in [1.165, 1.54) is 4.88 Å². The summed E-state index contributed by atoms with van der Waals surface area (Å²) in [6.07, 6.45) is 3.61. The summed E-state index contributed by atoms with van der Waals surface area (Å²) in [7, 11) is 0. The smallest absolute Gasteiger partial charge is 0.191 e. The number of guanidine groups is 1. The van der Waals surface area contributed by atoms with Crippen LogP contribution in [0.25, 0.3) is 0 Å². The largest absolute Gasteiger partial charge is 0.357 e. The fraction of sp³-hybridized carbons (Fsp3) is 0.471. The molecule has 138 valence electrons. The van der Waals surface area contributed by atoms with Gasteiger partial charge in [0.2, 0.25) is 0 Å². The molecule has 0 saturated heterocycles. The molecule has 0 aliphatic rings. The molecule has 0 amide bonds. The third-order valence-electron chi connectivity index (χ3n) is 3.45. The molecule has 5 nitrogen and oxygen atoms in total. The number of aryl methyl sites for hydroxylation is 2. The zero-order valence-corrected chi connectivity index (χ0v) is 18.7. The Morgan fingerprint density at radius 2 is 2.04 bits per heavy atom. The minimum atomic E-state index is 0. The van der Waals surface area contributed by atoms with Crippen LogP contribution in [-0.2, 0) is 12.8 Å². The van der Waals surface area contributed by atoms with Gasteiger partial charge in [-0.3, -0.25) is 4.99 Å². The lowest BCUT2D eigenvalue weighted by molar-refractivity contribution is 0.795. The van der Waals surface area contributed by atoms with Crippen molar-refractivity contribution in [3.05, 3.63) is 44.6 Å². The topological polar surface area (TPSA) is 62.2 Å². The first-order valence-electron chi connectivity index (χ1n) is 8.14. The van der Waals surface area contributed by atoms with Crippen LogP contribution in [0, 0.1) is 13.8 Å². The normalized spacial score (nSPS) is 11.1. The molecule has 2 aromatic heterocycles. The van der Waals surface area contributed by atoms with Crippen LogP contribution in [0.1, 0.15) is 28.1 Å². The molecule has 0 bridgehead atoms. The molecular weight excluding hydrogens is 469 g/mol. The Labute approximate surface area is 175 Å². The molecule has 8 heteroatoms. The van der Waals surface area contributed by atoms with Crippen LogP contribution < -0.4 is 10.6 Å². The van der Waals surface area contributed by atoms with Crippen LogP contribution in [0.2, 0.25) is 5.15 Å². The first-order chi connectivity index (χ1) is 11.6. The van der Waals surface area contributed by atoms with E-state index in [-0.39, 0.29) is 24.0 Å². The van der Waals surface area contributed by atoms with Crippen molar-refractivity contribution in [1.82, 2.24) is 20.6 Å². The molecule has 0 aromatic carbocycles. The van der Waals surface area contributed by atoms with Crippen LogP contribution in [0.4, 0.5) is 0 Å². The molecule has 2 aromatic rings. The van der Waals surface area contributed by atoms with Gasteiger partial charge >= 0.3 is 0 Å². The lowest BCUT2D eigenvalue weighted by Crippen LogP contribution is -2.38. The Morgan fingerprint density at radius 3 is 2.64 bits per heavy atom. The van der Waals surface area contributed by atoms with Gasteiger partial charge in [-0.05, 0) is 38.8 Å². The van der Waals surface area contributed by atoms with E-state index >= 15 is 0 Å². The second kappa shape index (κ2) is 11.6. The summed E-state index contributed by atoms with van der Waals surface area (Å²) in [6, 6.07) is 3.81. The third kappa shape index (κ3) is 7.87. The summed E-state index contributed by atoms with van der Waals surface area (Å²) in [6.45, 7) is 8.56. The van der Waals surface area contributed by atoms with E-state index in [0.29, 0.717) is 5.15 Å². The molecule has 0 unspecified atom stereocenters. The van der Waals surface area contributed by atoms with Crippen molar-refractivity contribution in [2.24, 2.45) is 4.99 Å². The van der Waals surface area contributed by atoms with E-state index in [1.54, 1.807) is 11.3 Å². The zero-order chi connectivity index (χ0) is 17.4. The SMILES string of the molecule is CCNC(=NCCc1sc(C)nc1C)NCCc1ccc(Cl)nc1.I. The Kier molecular flexibility index (Phi) is 10.3. The average Bonchev–Trinajstić information content (AvgIpc) is 2.87. The van der Waals surface area contributed by atoms with Gasteiger partial charge in [0.15, 0.2) is 5.96 Å². The minimum absolute atomic E-state index is 0. The van der Waals surface area contributed by atoms with Gasteiger partial charge in [0, 0.05) is 37.1 Å². The van der Waals surface area contributed by atoms with E-state index in [4.69, 9.17) is 11.6 Å². The van der Waals surface area contributed by atoms with E-state index in [1.807, 2.05) is 25.3 Å². The highest BCUT2D eigenvalue weighted by atomic mass is 127. The number of thiazole rings is 1. The molecule has 0 radical (unpaired) electrons. The van der Waals surface area contributed by atoms with Crippen molar-refractivity contribution >= 4 is 52.9 Å². The van der Waals surface area contributed by atoms with Gasteiger partial charge in [-0.25, -0.2) is 9.97 Å². The monoisotopic (exact) mass is 493 g/mol. The Morgan fingerprint density at radius 1 is 1.24 bits per heavy atom. The number of aliphatic imine (C=N–C) groups is 1. The van der Waals surface area contributed by atoms with Crippen LogP contribution >= 0.6 is 46.9 Å². The van der Waals surface area contributed by atoms with Gasteiger partial charge in [0.25, 0.3) is 0 Å². The van der Waals surface area contributed by atoms with Crippen LogP contribution in [0.15, 0.2) is 23.3 Å². The van der Waals surface area contributed by atoms with Crippen molar-refractivity contribution in [3.8, 4) is 0 Å².